The number of benzene rings is 2. The van der Waals surface area contributed by atoms with Gasteiger partial charge in [0.15, 0.2) is 11.5 Å². The van der Waals surface area contributed by atoms with Gasteiger partial charge in [0.1, 0.15) is 25.6 Å². The molecule has 1 aromatic heterocycles. The molecule has 36 heavy (non-hydrogen) atoms. The van der Waals surface area contributed by atoms with Crippen molar-refractivity contribution in [3.8, 4) is 11.5 Å². The quantitative estimate of drug-likeness (QED) is 0.428. The minimum Gasteiger partial charge on any atom is -0.486 e. The van der Waals surface area contributed by atoms with Crippen LogP contribution in [0.2, 0.25) is 0 Å². The zero-order valence-corrected chi connectivity index (χ0v) is 20.9. The van der Waals surface area contributed by atoms with Gasteiger partial charge >= 0.3 is 0 Å². The summed E-state index contributed by atoms with van der Waals surface area (Å²) in [6, 6.07) is 15.0. The van der Waals surface area contributed by atoms with Gasteiger partial charge in [-0.05, 0) is 55.5 Å². The van der Waals surface area contributed by atoms with Gasteiger partial charge in [-0.15, -0.1) is 0 Å². The van der Waals surface area contributed by atoms with Crippen LogP contribution in [-0.4, -0.2) is 53.2 Å². The number of rotatable bonds is 9. The SMILES string of the molecule is CCS(=O)(=O)N(CC(=O)Nc1ccc(S(=O)(=O)Nc2ccccn2)cc1)c1ccc2c(c1)OCCO2. The molecule has 0 unspecified atom stereocenters. The largest absolute Gasteiger partial charge is 0.486 e. The van der Waals surface area contributed by atoms with E-state index in [9.17, 15) is 21.6 Å². The Morgan fingerprint density at radius 1 is 0.972 bits per heavy atom. The lowest BCUT2D eigenvalue weighted by Gasteiger charge is -2.25. The Labute approximate surface area is 209 Å². The summed E-state index contributed by atoms with van der Waals surface area (Å²) in [6.07, 6.45) is 1.46. The Bertz CT molecular complexity index is 1450. The van der Waals surface area contributed by atoms with Crippen LogP contribution in [0.25, 0.3) is 0 Å². The Morgan fingerprint density at radius 3 is 2.36 bits per heavy atom. The first-order valence-corrected chi connectivity index (χ1v) is 14.0. The van der Waals surface area contributed by atoms with E-state index in [2.05, 4.69) is 15.0 Å². The molecule has 4 rings (SSSR count). The molecule has 0 saturated heterocycles. The van der Waals surface area contributed by atoms with Crippen LogP contribution in [0.5, 0.6) is 11.5 Å². The van der Waals surface area contributed by atoms with E-state index in [1.54, 1.807) is 24.3 Å². The van der Waals surface area contributed by atoms with Gasteiger partial charge < -0.3 is 14.8 Å². The average molecular weight is 533 g/mol. The van der Waals surface area contributed by atoms with Crippen LogP contribution >= 0.6 is 0 Å². The minimum absolute atomic E-state index is 0.0300. The highest BCUT2D eigenvalue weighted by Gasteiger charge is 2.25. The second-order valence-corrected chi connectivity index (χ2v) is 11.5. The van der Waals surface area contributed by atoms with E-state index >= 15 is 0 Å². The van der Waals surface area contributed by atoms with E-state index in [0.29, 0.717) is 30.4 Å². The molecule has 0 saturated carbocycles. The Morgan fingerprint density at radius 2 is 1.69 bits per heavy atom. The van der Waals surface area contributed by atoms with Crippen molar-refractivity contribution in [2.75, 3.05) is 39.9 Å². The van der Waals surface area contributed by atoms with Crippen LogP contribution in [0, 0.1) is 0 Å². The summed E-state index contributed by atoms with van der Waals surface area (Å²) in [4.78, 5) is 16.7. The number of aromatic nitrogens is 1. The Balaban J connectivity index is 1.48. The normalized spacial score (nSPS) is 13.0. The summed E-state index contributed by atoms with van der Waals surface area (Å²) < 4.78 is 65.0. The van der Waals surface area contributed by atoms with Crippen molar-refractivity contribution in [2.45, 2.75) is 11.8 Å². The van der Waals surface area contributed by atoms with Crippen molar-refractivity contribution < 1.29 is 31.1 Å². The van der Waals surface area contributed by atoms with E-state index in [1.165, 1.54) is 49.5 Å². The zero-order chi connectivity index (χ0) is 25.8. The molecule has 190 valence electrons. The molecule has 11 nitrogen and oxygen atoms in total. The Kier molecular flexibility index (Phi) is 7.31. The topological polar surface area (TPSA) is 144 Å². The molecule has 1 aliphatic heterocycles. The number of ether oxygens (including phenoxy) is 2. The van der Waals surface area contributed by atoms with Gasteiger partial charge in [0.05, 0.1) is 16.3 Å². The molecule has 0 radical (unpaired) electrons. The molecule has 2 N–H and O–H groups in total. The third kappa shape index (κ3) is 5.86. The van der Waals surface area contributed by atoms with E-state index in [4.69, 9.17) is 9.47 Å². The second-order valence-electron chi connectivity index (χ2n) is 7.63. The van der Waals surface area contributed by atoms with Gasteiger partial charge in [-0.3, -0.25) is 13.8 Å². The van der Waals surface area contributed by atoms with Gasteiger partial charge in [0.2, 0.25) is 15.9 Å². The van der Waals surface area contributed by atoms with Crippen molar-refractivity contribution in [3.05, 3.63) is 66.9 Å². The molecular formula is C23H24N4O7S2. The van der Waals surface area contributed by atoms with E-state index in [1.807, 2.05) is 0 Å². The van der Waals surface area contributed by atoms with E-state index in [0.717, 1.165) is 4.31 Å². The first-order valence-electron chi connectivity index (χ1n) is 10.9. The van der Waals surface area contributed by atoms with Gasteiger partial charge in [-0.2, -0.15) is 0 Å². The van der Waals surface area contributed by atoms with Crippen LogP contribution in [0.4, 0.5) is 17.2 Å². The average Bonchev–Trinajstić information content (AvgIpc) is 2.87. The van der Waals surface area contributed by atoms with Crippen LogP contribution in [0.1, 0.15) is 6.92 Å². The number of hydrogen-bond donors (Lipinski definition) is 2. The molecular weight excluding hydrogens is 508 g/mol. The summed E-state index contributed by atoms with van der Waals surface area (Å²) in [6.45, 7) is 1.72. The molecule has 0 bridgehead atoms. The number of fused-ring (bicyclic) bond motifs is 1. The van der Waals surface area contributed by atoms with Crippen LogP contribution in [-0.2, 0) is 24.8 Å². The van der Waals surface area contributed by atoms with Crippen LogP contribution in [0.15, 0.2) is 71.8 Å². The minimum atomic E-state index is -3.88. The third-order valence-electron chi connectivity index (χ3n) is 5.15. The number of carbonyl (C=O) groups is 1. The number of nitrogens with one attached hydrogen (secondary N) is 2. The van der Waals surface area contributed by atoms with Crippen LogP contribution < -0.4 is 23.8 Å². The summed E-state index contributed by atoms with van der Waals surface area (Å²) in [5.74, 6) is 0.239. The highest BCUT2D eigenvalue weighted by atomic mass is 32.2. The number of sulfonamides is 2. The van der Waals surface area contributed by atoms with Crippen molar-refractivity contribution in [3.63, 3.8) is 0 Å². The number of amides is 1. The number of hydrogen-bond acceptors (Lipinski definition) is 8. The monoisotopic (exact) mass is 532 g/mol. The fourth-order valence-electron chi connectivity index (χ4n) is 3.36. The van der Waals surface area contributed by atoms with Crippen molar-refractivity contribution in [1.29, 1.82) is 0 Å². The first kappa shape index (κ1) is 25.3. The third-order valence-corrected chi connectivity index (χ3v) is 8.27. The molecule has 0 spiro atoms. The predicted octanol–water partition coefficient (Wildman–Crippen LogP) is 2.45. The number of nitrogens with zero attached hydrogens (tertiary/aromatic N) is 2. The van der Waals surface area contributed by atoms with E-state index < -0.39 is 32.5 Å². The first-order chi connectivity index (χ1) is 17.2. The summed E-state index contributed by atoms with van der Waals surface area (Å²) >= 11 is 0. The van der Waals surface area contributed by atoms with Crippen molar-refractivity contribution in [1.82, 2.24) is 4.98 Å². The molecule has 0 fully saturated rings. The highest BCUT2D eigenvalue weighted by molar-refractivity contribution is 7.93. The number of pyridine rings is 1. The fourth-order valence-corrected chi connectivity index (χ4v) is 5.43. The molecule has 3 aromatic rings. The molecule has 0 atom stereocenters. The van der Waals surface area contributed by atoms with E-state index in [-0.39, 0.29) is 22.2 Å². The van der Waals surface area contributed by atoms with Crippen molar-refractivity contribution >= 4 is 43.1 Å². The number of anilines is 3. The summed E-state index contributed by atoms with van der Waals surface area (Å²) in [5.41, 5.74) is 0.561. The van der Waals surface area contributed by atoms with Gasteiger partial charge in [-0.1, -0.05) is 6.07 Å². The maximum absolute atomic E-state index is 12.8. The molecule has 1 amide bonds. The molecule has 0 aliphatic carbocycles. The lowest BCUT2D eigenvalue weighted by atomic mass is 10.2. The number of carbonyl (C=O) groups excluding carboxylic acids is 1. The summed E-state index contributed by atoms with van der Waals surface area (Å²) in [5, 5.41) is 2.60. The van der Waals surface area contributed by atoms with Gasteiger partial charge in [-0.25, -0.2) is 21.8 Å². The zero-order valence-electron chi connectivity index (χ0n) is 19.2. The molecule has 2 heterocycles. The van der Waals surface area contributed by atoms with Crippen molar-refractivity contribution in [2.24, 2.45) is 0 Å². The maximum Gasteiger partial charge on any atom is 0.263 e. The maximum atomic E-state index is 12.8. The molecule has 1 aliphatic rings. The fraction of sp³-hybridized carbons (Fsp3) is 0.217. The smallest absolute Gasteiger partial charge is 0.263 e. The molecule has 13 heteroatoms. The van der Waals surface area contributed by atoms with Gasteiger partial charge in [0, 0.05) is 18.0 Å². The second kappa shape index (κ2) is 10.4. The lowest BCUT2D eigenvalue weighted by Crippen LogP contribution is -2.39. The van der Waals surface area contributed by atoms with Gasteiger partial charge in [0.25, 0.3) is 10.0 Å². The summed E-state index contributed by atoms with van der Waals surface area (Å²) in [7, 11) is -7.68. The predicted molar refractivity (Wildman–Crippen MR) is 134 cm³/mol. The Hall–Kier alpha value is -3.84. The molecule has 2 aromatic carbocycles. The highest BCUT2D eigenvalue weighted by Crippen LogP contribution is 2.34. The lowest BCUT2D eigenvalue weighted by molar-refractivity contribution is -0.114. The van der Waals surface area contributed by atoms with Crippen LogP contribution in [0.3, 0.4) is 0 Å². The standard InChI is InChI=1S/C23H24N4O7S2/c1-2-35(29,30)27(18-8-11-20-21(15-18)34-14-13-33-20)16-23(28)25-17-6-9-19(10-7-17)36(31,32)26-22-5-3-4-12-24-22/h3-12,15H,2,13-14,16H2,1H3,(H,24,26)(H,25,28).